The van der Waals surface area contributed by atoms with Crippen molar-refractivity contribution in [1.29, 1.82) is 0 Å². The topological polar surface area (TPSA) is 96.5 Å². The molecule has 146 valence electrons. The number of carbonyl (C=O) groups is 3. The van der Waals surface area contributed by atoms with Crippen molar-refractivity contribution in [3.8, 4) is 0 Å². The molecule has 1 aliphatic carbocycles. The molecule has 0 aromatic carbocycles. The minimum atomic E-state index is -0.770. The highest BCUT2D eigenvalue weighted by molar-refractivity contribution is 5.88. The van der Waals surface area contributed by atoms with Crippen LogP contribution in [-0.2, 0) is 19.1 Å². The molecule has 2 aliphatic heterocycles. The summed E-state index contributed by atoms with van der Waals surface area (Å²) in [4.78, 5) is 36.8. The van der Waals surface area contributed by atoms with E-state index in [2.05, 4.69) is 16.0 Å². The van der Waals surface area contributed by atoms with Crippen molar-refractivity contribution >= 4 is 17.8 Å². The summed E-state index contributed by atoms with van der Waals surface area (Å²) in [7, 11) is 1.31. The van der Waals surface area contributed by atoms with Crippen LogP contribution < -0.4 is 16.0 Å². The van der Waals surface area contributed by atoms with E-state index in [0.29, 0.717) is 18.9 Å². The van der Waals surface area contributed by atoms with Crippen molar-refractivity contribution in [2.24, 2.45) is 17.8 Å². The van der Waals surface area contributed by atoms with Crippen molar-refractivity contribution in [3.05, 3.63) is 0 Å². The van der Waals surface area contributed by atoms with Crippen LogP contribution in [0.4, 0.5) is 0 Å². The molecule has 3 N–H and O–H groups in total. The fourth-order valence-corrected chi connectivity index (χ4v) is 4.72. The van der Waals surface area contributed by atoms with Crippen LogP contribution in [0.1, 0.15) is 51.4 Å². The first kappa shape index (κ1) is 19.1. The van der Waals surface area contributed by atoms with E-state index in [1.807, 2.05) is 0 Å². The average molecular weight is 365 g/mol. The molecule has 2 amide bonds. The predicted octanol–water partition coefficient (Wildman–Crippen LogP) is 0.729. The Labute approximate surface area is 155 Å². The van der Waals surface area contributed by atoms with Gasteiger partial charge in [0.1, 0.15) is 6.04 Å². The Balaban J connectivity index is 1.55. The molecule has 2 unspecified atom stereocenters. The van der Waals surface area contributed by atoms with Crippen molar-refractivity contribution in [3.63, 3.8) is 0 Å². The number of amides is 2. The largest absolute Gasteiger partial charge is 0.467 e. The van der Waals surface area contributed by atoms with Crippen molar-refractivity contribution in [2.45, 2.75) is 63.5 Å². The standard InChI is InChI=1S/C19H31N3O4/c1-26-19(25)16(9-13-7-4-8-20-17(13)23)22-18(24)15-10-14(11-21-15)12-5-2-3-6-12/h12-16,21H,2-11H2,1H3,(H,20,23)(H,22,24)/t13-,14?,15?,16-/m0/s1. The van der Waals surface area contributed by atoms with Gasteiger partial charge in [-0.25, -0.2) is 4.79 Å². The zero-order valence-corrected chi connectivity index (χ0v) is 15.6. The van der Waals surface area contributed by atoms with E-state index in [1.54, 1.807) is 0 Å². The Kier molecular flexibility index (Phi) is 6.51. The van der Waals surface area contributed by atoms with Crippen LogP contribution in [0.5, 0.6) is 0 Å². The summed E-state index contributed by atoms with van der Waals surface area (Å²) >= 11 is 0. The zero-order chi connectivity index (χ0) is 18.5. The minimum Gasteiger partial charge on any atom is -0.467 e. The van der Waals surface area contributed by atoms with Gasteiger partial charge in [0.25, 0.3) is 0 Å². The second-order valence-corrected chi connectivity index (χ2v) is 7.95. The molecule has 3 aliphatic rings. The highest BCUT2D eigenvalue weighted by atomic mass is 16.5. The van der Waals surface area contributed by atoms with Crippen LogP contribution in [0.2, 0.25) is 0 Å². The zero-order valence-electron chi connectivity index (χ0n) is 15.6. The molecule has 0 aromatic rings. The summed E-state index contributed by atoms with van der Waals surface area (Å²) in [5, 5.41) is 8.97. The number of methoxy groups -OCH3 is 1. The van der Waals surface area contributed by atoms with Crippen molar-refractivity contribution in [1.82, 2.24) is 16.0 Å². The molecule has 7 heteroatoms. The van der Waals surface area contributed by atoms with E-state index in [-0.39, 0.29) is 23.8 Å². The minimum absolute atomic E-state index is 0.0420. The molecule has 0 aromatic heterocycles. The van der Waals surface area contributed by atoms with Crippen LogP contribution >= 0.6 is 0 Å². The molecule has 3 fully saturated rings. The lowest BCUT2D eigenvalue weighted by Crippen LogP contribution is -2.50. The van der Waals surface area contributed by atoms with E-state index in [9.17, 15) is 14.4 Å². The van der Waals surface area contributed by atoms with Gasteiger partial charge in [-0.15, -0.1) is 0 Å². The maximum atomic E-state index is 12.7. The molecule has 0 bridgehead atoms. The molecule has 2 saturated heterocycles. The summed E-state index contributed by atoms with van der Waals surface area (Å²) in [5.41, 5.74) is 0. The average Bonchev–Trinajstić information content (AvgIpc) is 3.33. The van der Waals surface area contributed by atoms with E-state index < -0.39 is 12.0 Å². The fraction of sp³-hybridized carbons (Fsp3) is 0.842. The molecule has 4 atom stereocenters. The second kappa shape index (κ2) is 8.84. The summed E-state index contributed by atoms with van der Waals surface area (Å²) < 4.78 is 4.85. The molecule has 0 spiro atoms. The SMILES string of the molecule is COC(=O)[C@H](C[C@@H]1CCCNC1=O)NC(=O)C1CC(C2CCCC2)CN1. The highest BCUT2D eigenvalue weighted by Crippen LogP contribution is 2.35. The lowest BCUT2D eigenvalue weighted by Gasteiger charge is -2.26. The van der Waals surface area contributed by atoms with Gasteiger partial charge in [0, 0.05) is 12.5 Å². The monoisotopic (exact) mass is 365 g/mol. The molecule has 2 heterocycles. The van der Waals surface area contributed by atoms with Gasteiger partial charge in [-0.05, 0) is 44.1 Å². The third-order valence-corrected chi connectivity index (χ3v) is 6.27. The molecule has 3 rings (SSSR count). The number of carbonyl (C=O) groups excluding carboxylic acids is 3. The van der Waals surface area contributed by atoms with Crippen molar-refractivity contribution in [2.75, 3.05) is 20.2 Å². The van der Waals surface area contributed by atoms with Crippen molar-refractivity contribution < 1.29 is 19.1 Å². The number of rotatable bonds is 6. The quantitative estimate of drug-likeness (QED) is 0.603. The molecular formula is C19H31N3O4. The van der Waals surface area contributed by atoms with Crippen LogP contribution in [0.3, 0.4) is 0 Å². The number of ether oxygens (including phenoxy) is 1. The molecular weight excluding hydrogens is 334 g/mol. The van der Waals surface area contributed by atoms with Gasteiger partial charge < -0.3 is 20.7 Å². The predicted molar refractivity (Wildman–Crippen MR) is 96.2 cm³/mol. The Morgan fingerprint density at radius 1 is 1.19 bits per heavy atom. The first-order valence-corrected chi connectivity index (χ1v) is 9.97. The van der Waals surface area contributed by atoms with E-state index >= 15 is 0 Å². The van der Waals surface area contributed by atoms with Gasteiger partial charge in [0.2, 0.25) is 11.8 Å². The first-order chi connectivity index (χ1) is 12.6. The van der Waals surface area contributed by atoms with Crippen LogP contribution in [-0.4, -0.2) is 50.1 Å². The van der Waals surface area contributed by atoms with Gasteiger partial charge in [0.15, 0.2) is 0 Å². The smallest absolute Gasteiger partial charge is 0.328 e. The summed E-state index contributed by atoms with van der Waals surface area (Å²) in [6.45, 7) is 1.55. The Morgan fingerprint density at radius 3 is 2.65 bits per heavy atom. The van der Waals surface area contributed by atoms with Crippen LogP contribution in [0.25, 0.3) is 0 Å². The van der Waals surface area contributed by atoms with E-state index in [4.69, 9.17) is 4.74 Å². The normalized spacial score (nSPS) is 30.7. The number of piperidine rings is 1. The number of hydrogen-bond donors (Lipinski definition) is 3. The maximum absolute atomic E-state index is 12.7. The van der Waals surface area contributed by atoms with Crippen LogP contribution in [0, 0.1) is 17.8 Å². The van der Waals surface area contributed by atoms with Gasteiger partial charge in [-0.3, -0.25) is 9.59 Å². The second-order valence-electron chi connectivity index (χ2n) is 7.95. The highest BCUT2D eigenvalue weighted by Gasteiger charge is 2.37. The lowest BCUT2D eigenvalue weighted by molar-refractivity contribution is -0.146. The molecule has 1 saturated carbocycles. The summed E-state index contributed by atoms with van der Waals surface area (Å²) in [5.74, 6) is 0.339. The summed E-state index contributed by atoms with van der Waals surface area (Å²) in [6.07, 6.45) is 7.88. The molecule has 7 nitrogen and oxygen atoms in total. The van der Waals surface area contributed by atoms with Crippen LogP contribution in [0.15, 0.2) is 0 Å². The third kappa shape index (κ3) is 4.55. The molecule has 0 radical (unpaired) electrons. The third-order valence-electron chi connectivity index (χ3n) is 6.27. The van der Waals surface area contributed by atoms with Gasteiger partial charge in [-0.2, -0.15) is 0 Å². The molecule has 26 heavy (non-hydrogen) atoms. The van der Waals surface area contributed by atoms with E-state index in [1.165, 1.54) is 32.8 Å². The number of hydrogen-bond acceptors (Lipinski definition) is 5. The number of nitrogens with one attached hydrogen (secondary N) is 3. The maximum Gasteiger partial charge on any atom is 0.328 e. The number of esters is 1. The Hall–Kier alpha value is -1.63. The van der Waals surface area contributed by atoms with Gasteiger partial charge in [-0.1, -0.05) is 25.7 Å². The van der Waals surface area contributed by atoms with Gasteiger partial charge in [0.05, 0.1) is 13.2 Å². The Morgan fingerprint density at radius 2 is 1.96 bits per heavy atom. The Bertz CT molecular complexity index is 533. The first-order valence-electron chi connectivity index (χ1n) is 9.97. The summed E-state index contributed by atoms with van der Waals surface area (Å²) in [6, 6.07) is -1.03. The fourth-order valence-electron chi connectivity index (χ4n) is 4.72. The lowest BCUT2D eigenvalue weighted by atomic mass is 9.88. The van der Waals surface area contributed by atoms with Gasteiger partial charge >= 0.3 is 5.97 Å². The van der Waals surface area contributed by atoms with E-state index in [0.717, 1.165) is 31.7 Å².